The summed E-state index contributed by atoms with van der Waals surface area (Å²) >= 11 is 0. The standard InChI is InChI=1S/C18H22N4O5/c1-21-15-11(5-2-3-10-19-17(25)26)6-4-7-12(15)22(18(21)27)13-8-9-14(23)20-16(13)24/h4,6-7,13,19H,2-3,5,8-10H2,1H3,(H,25,26)(H,20,23,24). The number of nitrogens with one attached hydrogen (secondary N) is 2. The van der Waals surface area contributed by atoms with Gasteiger partial charge < -0.3 is 10.4 Å². The van der Waals surface area contributed by atoms with E-state index in [-0.39, 0.29) is 18.0 Å². The molecule has 1 saturated heterocycles. The van der Waals surface area contributed by atoms with Crippen molar-refractivity contribution in [2.45, 2.75) is 38.1 Å². The molecule has 1 aromatic carbocycles. The minimum Gasteiger partial charge on any atom is -0.465 e. The van der Waals surface area contributed by atoms with E-state index in [2.05, 4.69) is 10.6 Å². The fourth-order valence-electron chi connectivity index (χ4n) is 3.59. The van der Waals surface area contributed by atoms with Crippen molar-refractivity contribution in [2.75, 3.05) is 6.54 Å². The van der Waals surface area contributed by atoms with Crippen LogP contribution in [0.4, 0.5) is 4.79 Å². The van der Waals surface area contributed by atoms with Crippen LogP contribution in [0.25, 0.3) is 11.0 Å². The van der Waals surface area contributed by atoms with Gasteiger partial charge in [-0.2, -0.15) is 0 Å². The normalized spacial score (nSPS) is 17.1. The molecule has 9 heteroatoms. The third-order valence-electron chi connectivity index (χ3n) is 4.86. The molecule has 3 rings (SSSR count). The minimum atomic E-state index is -1.04. The van der Waals surface area contributed by atoms with E-state index in [1.165, 1.54) is 9.13 Å². The molecule has 2 heterocycles. The van der Waals surface area contributed by atoms with Crippen molar-refractivity contribution in [3.05, 3.63) is 34.2 Å². The van der Waals surface area contributed by atoms with E-state index in [1.807, 2.05) is 12.1 Å². The van der Waals surface area contributed by atoms with E-state index in [1.54, 1.807) is 13.1 Å². The molecule has 1 aliphatic heterocycles. The van der Waals surface area contributed by atoms with Crippen molar-refractivity contribution in [3.8, 4) is 0 Å². The van der Waals surface area contributed by atoms with Crippen LogP contribution in [0.15, 0.2) is 23.0 Å². The SMILES string of the molecule is Cn1c(=O)n(C2CCC(=O)NC2=O)c2cccc(CCCCNC(=O)O)c21. The molecule has 0 radical (unpaired) electrons. The summed E-state index contributed by atoms with van der Waals surface area (Å²) < 4.78 is 3.00. The summed E-state index contributed by atoms with van der Waals surface area (Å²) in [5, 5.41) is 13.2. The topological polar surface area (TPSA) is 122 Å². The average molecular weight is 374 g/mol. The lowest BCUT2D eigenvalue weighted by Crippen LogP contribution is -2.44. The van der Waals surface area contributed by atoms with Crippen molar-refractivity contribution < 1.29 is 19.5 Å². The molecule has 0 aliphatic carbocycles. The fraction of sp³-hybridized carbons (Fsp3) is 0.444. The monoisotopic (exact) mass is 374 g/mol. The number of aryl methyl sites for hydroxylation is 2. The molecule has 3 N–H and O–H groups in total. The number of imidazole rings is 1. The summed E-state index contributed by atoms with van der Waals surface area (Å²) in [6, 6.07) is 4.88. The van der Waals surface area contributed by atoms with Crippen LogP contribution in [-0.2, 0) is 23.1 Å². The molecule has 3 amide bonds. The zero-order valence-electron chi connectivity index (χ0n) is 15.0. The quantitative estimate of drug-likeness (QED) is 0.512. The third kappa shape index (κ3) is 3.71. The first-order valence-electron chi connectivity index (χ1n) is 8.89. The number of benzene rings is 1. The van der Waals surface area contributed by atoms with Crippen LogP contribution in [0.3, 0.4) is 0 Å². The maximum atomic E-state index is 12.8. The van der Waals surface area contributed by atoms with Gasteiger partial charge in [0.2, 0.25) is 11.8 Å². The largest absolute Gasteiger partial charge is 0.465 e. The van der Waals surface area contributed by atoms with Gasteiger partial charge in [0.25, 0.3) is 0 Å². The third-order valence-corrected chi connectivity index (χ3v) is 4.86. The van der Waals surface area contributed by atoms with Gasteiger partial charge in [0, 0.05) is 20.0 Å². The molecule has 0 spiro atoms. The van der Waals surface area contributed by atoms with Crippen molar-refractivity contribution in [1.29, 1.82) is 0 Å². The highest BCUT2D eigenvalue weighted by Crippen LogP contribution is 2.25. The number of unbranched alkanes of at least 4 members (excludes halogenated alkanes) is 1. The van der Waals surface area contributed by atoms with Gasteiger partial charge in [-0.1, -0.05) is 12.1 Å². The lowest BCUT2D eigenvalue weighted by Gasteiger charge is -2.21. The number of carbonyl (C=O) groups is 3. The van der Waals surface area contributed by atoms with Gasteiger partial charge in [-0.3, -0.25) is 24.0 Å². The van der Waals surface area contributed by atoms with E-state index < -0.39 is 18.0 Å². The molecule has 0 saturated carbocycles. The second-order valence-corrected chi connectivity index (χ2v) is 6.65. The molecule has 1 atom stereocenters. The Hall–Kier alpha value is -3.10. The molecule has 1 aromatic heterocycles. The summed E-state index contributed by atoms with van der Waals surface area (Å²) in [4.78, 5) is 46.9. The molecular weight excluding hydrogens is 352 g/mol. The van der Waals surface area contributed by atoms with Gasteiger partial charge in [-0.05, 0) is 37.3 Å². The Morgan fingerprint density at radius 3 is 2.78 bits per heavy atom. The van der Waals surface area contributed by atoms with E-state index in [0.29, 0.717) is 31.3 Å². The van der Waals surface area contributed by atoms with E-state index in [4.69, 9.17) is 5.11 Å². The molecule has 1 unspecified atom stereocenters. The molecule has 9 nitrogen and oxygen atoms in total. The number of nitrogens with zero attached hydrogens (tertiary/aromatic N) is 2. The average Bonchev–Trinajstić information content (AvgIpc) is 2.87. The predicted molar refractivity (Wildman–Crippen MR) is 97.6 cm³/mol. The Balaban J connectivity index is 1.89. The Kier molecular flexibility index (Phi) is 5.29. The number of hydrogen-bond acceptors (Lipinski definition) is 4. The summed E-state index contributed by atoms with van der Waals surface area (Å²) in [6.45, 7) is 0.377. The Morgan fingerprint density at radius 2 is 2.07 bits per heavy atom. The predicted octanol–water partition coefficient (Wildman–Crippen LogP) is 0.908. The second kappa shape index (κ2) is 7.65. The lowest BCUT2D eigenvalue weighted by molar-refractivity contribution is -0.135. The fourth-order valence-corrected chi connectivity index (χ4v) is 3.59. The smallest absolute Gasteiger partial charge is 0.404 e. The zero-order valence-corrected chi connectivity index (χ0v) is 15.0. The maximum absolute atomic E-state index is 12.8. The number of piperidine rings is 1. The van der Waals surface area contributed by atoms with Crippen LogP contribution in [0.2, 0.25) is 0 Å². The van der Waals surface area contributed by atoms with Crippen molar-refractivity contribution >= 4 is 28.9 Å². The van der Waals surface area contributed by atoms with Crippen LogP contribution >= 0.6 is 0 Å². The highest BCUT2D eigenvalue weighted by molar-refractivity contribution is 6.00. The number of aromatic nitrogens is 2. The van der Waals surface area contributed by atoms with Gasteiger partial charge in [0.1, 0.15) is 6.04 Å². The Morgan fingerprint density at radius 1 is 1.30 bits per heavy atom. The van der Waals surface area contributed by atoms with Gasteiger partial charge in [-0.15, -0.1) is 0 Å². The van der Waals surface area contributed by atoms with Crippen LogP contribution in [0.1, 0.15) is 37.3 Å². The van der Waals surface area contributed by atoms with Crippen LogP contribution in [0, 0.1) is 0 Å². The van der Waals surface area contributed by atoms with Gasteiger partial charge in [0.05, 0.1) is 11.0 Å². The lowest BCUT2D eigenvalue weighted by atomic mass is 10.0. The summed E-state index contributed by atoms with van der Waals surface area (Å²) in [5.41, 5.74) is 2.10. The number of hydrogen-bond donors (Lipinski definition) is 3. The molecular formula is C18H22N4O5. The van der Waals surface area contributed by atoms with Crippen molar-refractivity contribution in [3.63, 3.8) is 0 Å². The highest BCUT2D eigenvalue weighted by Gasteiger charge is 2.31. The van der Waals surface area contributed by atoms with E-state index in [0.717, 1.165) is 17.5 Å². The number of rotatable bonds is 6. The number of carboxylic acid groups (broad SMARTS) is 1. The summed E-state index contributed by atoms with van der Waals surface area (Å²) in [6.07, 6.45) is 1.60. The Bertz CT molecular complexity index is 959. The minimum absolute atomic E-state index is 0.204. The summed E-state index contributed by atoms with van der Waals surface area (Å²) in [7, 11) is 1.67. The number of para-hydroxylation sites is 1. The zero-order chi connectivity index (χ0) is 19.6. The van der Waals surface area contributed by atoms with Gasteiger partial charge in [-0.25, -0.2) is 9.59 Å². The van der Waals surface area contributed by atoms with E-state index >= 15 is 0 Å². The van der Waals surface area contributed by atoms with E-state index in [9.17, 15) is 19.2 Å². The first kappa shape index (κ1) is 18.7. The molecule has 144 valence electrons. The van der Waals surface area contributed by atoms with Crippen LogP contribution in [-0.4, -0.2) is 38.7 Å². The van der Waals surface area contributed by atoms with Crippen molar-refractivity contribution in [1.82, 2.24) is 19.8 Å². The molecule has 1 fully saturated rings. The first-order chi connectivity index (χ1) is 12.9. The molecule has 27 heavy (non-hydrogen) atoms. The first-order valence-corrected chi connectivity index (χ1v) is 8.89. The van der Waals surface area contributed by atoms with Gasteiger partial charge in [0.15, 0.2) is 0 Å². The number of amides is 3. The highest BCUT2D eigenvalue weighted by atomic mass is 16.4. The maximum Gasteiger partial charge on any atom is 0.404 e. The Labute approximate surface area is 155 Å². The molecule has 1 aliphatic rings. The summed E-state index contributed by atoms with van der Waals surface area (Å²) in [5.74, 6) is -0.772. The number of imide groups is 1. The van der Waals surface area contributed by atoms with Crippen molar-refractivity contribution in [2.24, 2.45) is 7.05 Å². The van der Waals surface area contributed by atoms with Gasteiger partial charge >= 0.3 is 11.8 Å². The number of fused-ring (bicyclic) bond motifs is 1. The van der Waals surface area contributed by atoms with Crippen LogP contribution in [0.5, 0.6) is 0 Å². The molecule has 2 aromatic rings. The molecule has 0 bridgehead atoms. The van der Waals surface area contributed by atoms with Crippen LogP contribution < -0.4 is 16.3 Å². The second-order valence-electron chi connectivity index (χ2n) is 6.65. The number of carbonyl (C=O) groups excluding carboxylic acids is 2.